The molecule has 1 fully saturated rings. The first kappa shape index (κ1) is 15.5. The Labute approximate surface area is 135 Å². The fourth-order valence-corrected chi connectivity index (χ4v) is 2.70. The van der Waals surface area contributed by atoms with Crippen LogP contribution in [0, 0.1) is 0 Å². The van der Waals surface area contributed by atoms with Gasteiger partial charge in [0.05, 0.1) is 11.9 Å². The summed E-state index contributed by atoms with van der Waals surface area (Å²) in [6.07, 6.45) is 4.96. The lowest BCUT2D eigenvalue weighted by atomic mass is 9.94. The van der Waals surface area contributed by atoms with Crippen LogP contribution < -0.4 is 15.5 Å². The fraction of sp³-hybridized carbons (Fsp3) is 0.438. The summed E-state index contributed by atoms with van der Waals surface area (Å²) in [6, 6.07) is 3.68. The topological polar surface area (TPSA) is 83.3 Å². The Balaban J connectivity index is 1.72. The van der Waals surface area contributed by atoms with Crippen molar-refractivity contribution in [3.05, 3.63) is 36.2 Å². The number of nitrogens with one attached hydrogen (secondary N) is 2. The Morgan fingerprint density at radius 2 is 2.09 bits per heavy atom. The molecular weight excluding hydrogens is 294 g/mol. The van der Waals surface area contributed by atoms with Crippen molar-refractivity contribution in [2.24, 2.45) is 0 Å². The molecule has 122 valence electrons. The normalized spacial score (nSPS) is 15.4. The van der Waals surface area contributed by atoms with Crippen LogP contribution in [0.15, 0.2) is 29.1 Å². The van der Waals surface area contributed by atoms with Gasteiger partial charge < -0.3 is 20.0 Å². The molecule has 1 amide bonds. The van der Waals surface area contributed by atoms with E-state index in [0.29, 0.717) is 17.3 Å². The molecule has 23 heavy (non-hydrogen) atoms. The zero-order chi connectivity index (χ0) is 16.2. The Hall–Kier alpha value is -2.41. The summed E-state index contributed by atoms with van der Waals surface area (Å²) in [5.41, 5.74) is 1.33. The molecule has 2 aromatic rings. The van der Waals surface area contributed by atoms with Crippen LogP contribution in [0.2, 0.25) is 0 Å². The second-order valence-corrected chi connectivity index (χ2v) is 5.84. The van der Waals surface area contributed by atoms with Gasteiger partial charge in [-0.1, -0.05) is 0 Å². The van der Waals surface area contributed by atoms with Gasteiger partial charge in [-0.15, -0.1) is 0 Å². The minimum atomic E-state index is -0.280. The average molecular weight is 315 g/mol. The molecule has 0 atom stereocenters. The number of nitrogens with zero attached hydrogens (tertiary/aromatic N) is 3. The summed E-state index contributed by atoms with van der Waals surface area (Å²) in [4.78, 5) is 22.8. The highest BCUT2D eigenvalue weighted by molar-refractivity contribution is 6.03. The molecule has 7 nitrogen and oxygen atoms in total. The first-order valence-corrected chi connectivity index (χ1v) is 7.74. The van der Waals surface area contributed by atoms with E-state index in [-0.39, 0.29) is 11.8 Å². The van der Waals surface area contributed by atoms with Gasteiger partial charge in [0.2, 0.25) is 0 Å². The minimum Gasteiger partial charge on any atom is -0.447 e. The standard InChI is InChI=1S/C16H21N5O2/c1-21(2)12-3-4-13(18-9-12)20-16(22)14-15(23-10-19-14)11-5-7-17-8-6-11/h3-4,9-11,17H,5-8H2,1-2H3,(H,18,20,22). The number of amides is 1. The molecular formula is C16H21N5O2. The molecule has 0 spiro atoms. The van der Waals surface area contributed by atoms with Crippen LogP contribution in [0.5, 0.6) is 0 Å². The summed E-state index contributed by atoms with van der Waals surface area (Å²) in [7, 11) is 3.88. The number of piperidine rings is 1. The van der Waals surface area contributed by atoms with Gasteiger partial charge >= 0.3 is 0 Å². The van der Waals surface area contributed by atoms with Gasteiger partial charge in [0.15, 0.2) is 12.1 Å². The quantitative estimate of drug-likeness (QED) is 0.896. The molecule has 7 heteroatoms. The number of hydrogen-bond donors (Lipinski definition) is 2. The number of hydrogen-bond acceptors (Lipinski definition) is 6. The first-order chi connectivity index (χ1) is 11.1. The molecule has 0 radical (unpaired) electrons. The summed E-state index contributed by atoms with van der Waals surface area (Å²) >= 11 is 0. The van der Waals surface area contributed by atoms with Crippen LogP contribution in [0.3, 0.4) is 0 Å². The van der Waals surface area contributed by atoms with Crippen LogP contribution in [-0.2, 0) is 0 Å². The SMILES string of the molecule is CN(C)c1ccc(NC(=O)c2ncoc2C2CCNCC2)nc1. The third-order valence-electron chi connectivity index (χ3n) is 4.03. The van der Waals surface area contributed by atoms with E-state index in [1.807, 2.05) is 25.1 Å². The number of pyridine rings is 1. The molecule has 0 aromatic carbocycles. The van der Waals surface area contributed by atoms with Crippen molar-refractivity contribution < 1.29 is 9.21 Å². The molecule has 0 bridgehead atoms. The number of oxazole rings is 1. The molecule has 1 aliphatic heterocycles. The largest absolute Gasteiger partial charge is 0.447 e. The maximum absolute atomic E-state index is 12.5. The number of aromatic nitrogens is 2. The highest BCUT2D eigenvalue weighted by Gasteiger charge is 2.26. The van der Waals surface area contributed by atoms with Crippen molar-refractivity contribution in [3.63, 3.8) is 0 Å². The predicted molar refractivity (Wildman–Crippen MR) is 87.9 cm³/mol. The summed E-state index contributed by atoms with van der Waals surface area (Å²) < 4.78 is 5.49. The molecule has 1 saturated heterocycles. The van der Waals surface area contributed by atoms with Crippen molar-refractivity contribution in [1.82, 2.24) is 15.3 Å². The highest BCUT2D eigenvalue weighted by Crippen LogP contribution is 2.28. The lowest BCUT2D eigenvalue weighted by Crippen LogP contribution is -2.27. The molecule has 0 unspecified atom stereocenters. The van der Waals surface area contributed by atoms with E-state index in [2.05, 4.69) is 20.6 Å². The van der Waals surface area contributed by atoms with E-state index in [0.717, 1.165) is 31.6 Å². The van der Waals surface area contributed by atoms with Crippen molar-refractivity contribution >= 4 is 17.4 Å². The zero-order valence-corrected chi connectivity index (χ0v) is 13.4. The van der Waals surface area contributed by atoms with Crippen molar-refractivity contribution in [2.45, 2.75) is 18.8 Å². The monoisotopic (exact) mass is 315 g/mol. The number of anilines is 2. The average Bonchev–Trinajstić information content (AvgIpc) is 3.06. The Bertz CT molecular complexity index is 659. The van der Waals surface area contributed by atoms with Crippen molar-refractivity contribution in [1.29, 1.82) is 0 Å². The highest BCUT2D eigenvalue weighted by atomic mass is 16.3. The van der Waals surface area contributed by atoms with E-state index in [1.54, 1.807) is 12.3 Å². The van der Waals surface area contributed by atoms with Crippen LogP contribution in [0.4, 0.5) is 11.5 Å². The van der Waals surface area contributed by atoms with E-state index in [4.69, 9.17) is 4.42 Å². The van der Waals surface area contributed by atoms with Gasteiger partial charge in [-0.3, -0.25) is 4.79 Å². The van der Waals surface area contributed by atoms with Crippen LogP contribution >= 0.6 is 0 Å². The van der Waals surface area contributed by atoms with Gasteiger partial charge in [0.1, 0.15) is 11.6 Å². The van der Waals surface area contributed by atoms with E-state index in [1.165, 1.54) is 6.39 Å². The second kappa shape index (κ2) is 6.78. The predicted octanol–water partition coefficient (Wildman–Crippen LogP) is 1.85. The zero-order valence-electron chi connectivity index (χ0n) is 13.4. The van der Waals surface area contributed by atoms with Crippen molar-refractivity contribution in [3.8, 4) is 0 Å². The lowest BCUT2D eigenvalue weighted by molar-refractivity contribution is 0.101. The molecule has 3 rings (SSSR count). The third kappa shape index (κ3) is 3.50. The van der Waals surface area contributed by atoms with Crippen LogP contribution in [-0.4, -0.2) is 43.1 Å². The summed E-state index contributed by atoms with van der Waals surface area (Å²) in [6.45, 7) is 1.86. The second-order valence-electron chi connectivity index (χ2n) is 5.84. The van der Waals surface area contributed by atoms with Crippen molar-refractivity contribution in [2.75, 3.05) is 37.4 Å². The van der Waals surface area contributed by atoms with Crippen LogP contribution in [0.1, 0.15) is 35.0 Å². The Morgan fingerprint density at radius 1 is 1.30 bits per heavy atom. The van der Waals surface area contributed by atoms with Crippen LogP contribution in [0.25, 0.3) is 0 Å². The Morgan fingerprint density at radius 3 is 2.74 bits per heavy atom. The summed E-state index contributed by atoms with van der Waals surface area (Å²) in [5, 5.41) is 6.09. The maximum Gasteiger partial charge on any atom is 0.279 e. The smallest absolute Gasteiger partial charge is 0.279 e. The lowest BCUT2D eigenvalue weighted by Gasteiger charge is -2.21. The first-order valence-electron chi connectivity index (χ1n) is 7.74. The van der Waals surface area contributed by atoms with E-state index in [9.17, 15) is 4.79 Å². The fourth-order valence-electron chi connectivity index (χ4n) is 2.70. The molecule has 3 heterocycles. The van der Waals surface area contributed by atoms with E-state index < -0.39 is 0 Å². The molecule has 2 N–H and O–H groups in total. The molecule has 1 aliphatic rings. The molecule has 0 aliphatic carbocycles. The third-order valence-corrected chi connectivity index (χ3v) is 4.03. The van der Waals surface area contributed by atoms with Gasteiger partial charge in [0.25, 0.3) is 5.91 Å². The van der Waals surface area contributed by atoms with Gasteiger partial charge in [-0.2, -0.15) is 0 Å². The molecule has 2 aromatic heterocycles. The van der Waals surface area contributed by atoms with E-state index >= 15 is 0 Å². The molecule has 0 saturated carbocycles. The number of carbonyl (C=O) groups is 1. The van der Waals surface area contributed by atoms with Gasteiger partial charge in [-0.05, 0) is 38.1 Å². The van der Waals surface area contributed by atoms with Gasteiger partial charge in [-0.25, -0.2) is 9.97 Å². The van der Waals surface area contributed by atoms with Gasteiger partial charge in [0, 0.05) is 20.0 Å². The Kier molecular flexibility index (Phi) is 4.57. The number of carbonyl (C=O) groups excluding carboxylic acids is 1. The summed E-state index contributed by atoms with van der Waals surface area (Å²) in [5.74, 6) is 1.13. The maximum atomic E-state index is 12.5. The minimum absolute atomic E-state index is 0.239. The number of rotatable bonds is 4.